The maximum Gasteiger partial charge on any atom is 0.168 e. The van der Waals surface area contributed by atoms with Gasteiger partial charge in [0.1, 0.15) is 11.5 Å². The molecule has 3 aromatic carbocycles. The molecule has 3 aromatic rings. The van der Waals surface area contributed by atoms with Gasteiger partial charge in [-0.1, -0.05) is 30.7 Å². The number of benzene rings is 3. The molecular formula is C31H35NO5. The van der Waals surface area contributed by atoms with Crippen LogP contribution in [0, 0.1) is 0 Å². The van der Waals surface area contributed by atoms with E-state index in [1.807, 2.05) is 36.4 Å². The van der Waals surface area contributed by atoms with Crippen molar-refractivity contribution in [3.05, 3.63) is 82.4 Å². The summed E-state index contributed by atoms with van der Waals surface area (Å²) >= 11 is 0. The zero-order valence-corrected chi connectivity index (χ0v) is 21.2. The van der Waals surface area contributed by atoms with Gasteiger partial charge in [-0.25, -0.2) is 0 Å². The molecule has 0 aromatic heterocycles. The monoisotopic (exact) mass is 501 g/mol. The Balaban J connectivity index is 1.27. The Morgan fingerprint density at radius 1 is 0.892 bits per heavy atom. The number of ketones is 1. The number of carbonyl (C=O) groups excluding carboxylic acids is 1. The molecule has 6 heteroatoms. The summed E-state index contributed by atoms with van der Waals surface area (Å²) in [6.45, 7) is 4.17. The van der Waals surface area contributed by atoms with Crippen molar-refractivity contribution in [3.8, 4) is 23.0 Å². The number of nitrogens with zero attached hydrogens (tertiary/aromatic N) is 1. The Labute approximate surface area is 218 Å². The number of Topliss-reactive ketones (excluding diaryl/α,β-unsaturated/α-hetero) is 1. The molecule has 1 aliphatic carbocycles. The van der Waals surface area contributed by atoms with Crippen molar-refractivity contribution in [2.24, 2.45) is 0 Å². The molecule has 3 N–H and O–H groups in total. The average Bonchev–Trinajstić information content (AvgIpc) is 2.91. The van der Waals surface area contributed by atoms with Gasteiger partial charge in [-0.15, -0.1) is 0 Å². The van der Waals surface area contributed by atoms with E-state index in [4.69, 9.17) is 4.74 Å². The molecule has 1 saturated heterocycles. The Hall–Kier alpha value is -3.51. The molecule has 1 heterocycles. The van der Waals surface area contributed by atoms with Crippen LogP contribution >= 0.6 is 0 Å². The first-order valence-corrected chi connectivity index (χ1v) is 13.3. The van der Waals surface area contributed by atoms with Crippen molar-refractivity contribution in [3.63, 3.8) is 0 Å². The highest BCUT2D eigenvalue weighted by molar-refractivity contribution is 6.02. The van der Waals surface area contributed by atoms with E-state index in [0.717, 1.165) is 41.0 Å². The van der Waals surface area contributed by atoms with Crippen molar-refractivity contribution >= 4 is 5.78 Å². The van der Waals surface area contributed by atoms with E-state index in [0.29, 0.717) is 19.4 Å². The minimum Gasteiger partial charge on any atom is -0.508 e. The number of fused-ring (bicyclic) bond motifs is 1. The minimum absolute atomic E-state index is 0.0518. The molecule has 2 aliphatic rings. The highest BCUT2D eigenvalue weighted by Gasteiger charge is 2.32. The van der Waals surface area contributed by atoms with Gasteiger partial charge in [-0.3, -0.25) is 4.79 Å². The fourth-order valence-electron chi connectivity index (χ4n) is 5.65. The second-order valence-corrected chi connectivity index (χ2v) is 10.3. The minimum atomic E-state index is -0.332. The van der Waals surface area contributed by atoms with Crippen molar-refractivity contribution in [1.82, 2.24) is 4.90 Å². The van der Waals surface area contributed by atoms with Crippen molar-refractivity contribution in [2.75, 3.05) is 26.2 Å². The van der Waals surface area contributed by atoms with Crippen LogP contribution in [0.2, 0.25) is 0 Å². The van der Waals surface area contributed by atoms with Gasteiger partial charge >= 0.3 is 0 Å². The van der Waals surface area contributed by atoms with Gasteiger partial charge in [0.05, 0.1) is 12.2 Å². The van der Waals surface area contributed by atoms with Gasteiger partial charge in [0, 0.05) is 13.0 Å². The van der Waals surface area contributed by atoms with Crippen LogP contribution in [0.5, 0.6) is 23.0 Å². The first kappa shape index (κ1) is 25.2. The van der Waals surface area contributed by atoms with Gasteiger partial charge in [-0.2, -0.15) is 0 Å². The Kier molecular flexibility index (Phi) is 7.65. The summed E-state index contributed by atoms with van der Waals surface area (Å²) in [5.74, 6) is 0.191. The summed E-state index contributed by atoms with van der Waals surface area (Å²) in [5, 5.41) is 30.5. The number of rotatable bonds is 8. The molecule has 1 atom stereocenters. The molecule has 0 saturated carbocycles. The summed E-state index contributed by atoms with van der Waals surface area (Å²) in [5.41, 5.74) is 3.85. The number of carbonyl (C=O) groups is 1. The molecule has 1 aliphatic heterocycles. The van der Waals surface area contributed by atoms with Gasteiger partial charge in [0.25, 0.3) is 0 Å². The van der Waals surface area contributed by atoms with Gasteiger partial charge in [0.15, 0.2) is 17.3 Å². The highest BCUT2D eigenvalue weighted by atomic mass is 16.5. The highest BCUT2D eigenvalue weighted by Crippen LogP contribution is 2.43. The van der Waals surface area contributed by atoms with Crippen LogP contribution in [0.3, 0.4) is 0 Å². The van der Waals surface area contributed by atoms with E-state index >= 15 is 0 Å². The van der Waals surface area contributed by atoms with E-state index in [2.05, 4.69) is 4.90 Å². The molecule has 1 unspecified atom stereocenters. The fourth-order valence-corrected chi connectivity index (χ4v) is 5.65. The van der Waals surface area contributed by atoms with Crippen LogP contribution in [0.4, 0.5) is 0 Å². The van der Waals surface area contributed by atoms with Gasteiger partial charge in [0.2, 0.25) is 0 Å². The molecular weight excluding hydrogens is 466 g/mol. The lowest BCUT2D eigenvalue weighted by Gasteiger charge is -2.27. The standard InChI is InChI=1S/C31H35NO5/c33-25-9-7-22(8-10-25)23-18-27-24(20-29(35)31(36)30(27)28(34)19-23)17-21-5-11-26(12-6-21)37-16-4-15-32-13-2-1-3-14-32/h5-12,20,23,33,35-36H,1-4,13-19H2. The van der Waals surface area contributed by atoms with E-state index in [-0.39, 0.29) is 40.9 Å². The topological polar surface area (TPSA) is 90.2 Å². The summed E-state index contributed by atoms with van der Waals surface area (Å²) in [6, 6.07) is 16.5. The fraction of sp³-hybridized carbons (Fsp3) is 0.387. The van der Waals surface area contributed by atoms with E-state index < -0.39 is 0 Å². The third-order valence-electron chi connectivity index (χ3n) is 7.66. The van der Waals surface area contributed by atoms with Crippen LogP contribution in [-0.4, -0.2) is 52.2 Å². The molecule has 37 heavy (non-hydrogen) atoms. The number of phenolic OH excluding ortho intramolecular Hbond substituents is 3. The SMILES string of the molecule is O=C1CC(c2ccc(O)cc2)Cc2c(Cc3ccc(OCCCN4CCCCC4)cc3)cc(O)c(O)c21. The lowest BCUT2D eigenvalue weighted by atomic mass is 9.76. The third kappa shape index (κ3) is 5.91. The number of phenols is 3. The van der Waals surface area contributed by atoms with Crippen molar-refractivity contribution < 1.29 is 24.9 Å². The summed E-state index contributed by atoms with van der Waals surface area (Å²) in [4.78, 5) is 15.6. The molecule has 6 nitrogen and oxygen atoms in total. The predicted octanol–water partition coefficient (Wildman–Crippen LogP) is 5.56. The lowest BCUT2D eigenvalue weighted by molar-refractivity contribution is 0.0960. The molecule has 0 bridgehead atoms. The number of aromatic hydroxyl groups is 3. The molecule has 5 rings (SSSR count). The predicted molar refractivity (Wildman–Crippen MR) is 143 cm³/mol. The van der Waals surface area contributed by atoms with Crippen LogP contribution in [0.1, 0.15) is 70.6 Å². The Morgan fingerprint density at radius 3 is 2.35 bits per heavy atom. The first-order chi connectivity index (χ1) is 18.0. The van der Waals surface area contributed by atoms with Crippen molar-refractivity contribution in [2.45, 2.75) is 50.9 Å². The number of ether oxygens (including phenoxy) is 1. The van der Waals surface area contributed by atoms with Crippen LogP contribution < -0.4 is 4.74 Å². The zero-order valence-electron chi connectivity index (χ0n) is 21.2. The van der Waals surface area contributed by atoms with E-state index in [1.165, 1.54) is 32.4 Å². The van der Waals surface area contributed by atoms with Gasteiger partial charge in [-0.05, 0) is 104 Å². The van der Waals surface area contributed by atoms with E-state index in [9.17, 15) is 20.1 Å². The second kappa shape index (κ2) is 11.3. The number of likely N-dealkylation sites (tertiary alicyclic amines) is 1. The largest absolute Gasteiger partial charge is 0.508 e. The summed E-state index contributed by atoms with van der Waals surface area (Å²) in [7, 11) is 0. The first-order valence-electron chi connectivity index (χ1n) is 13.3. The Bertz CT molecular complexity index is 1230. The molecule has 194 valence electrons. The lowest BCUT2D eigenvalue weighted by Crippen LogP contribution is -2.31. The smallest absolute Gasteiger partial charge is 0.168 e. The molecule has 0 amide bonds. The quantitative estimate of drug-likeness (QED) is 0.277. The Morgan fingerprint density at radius 2 is 1.62 bits per heavy atom. The molecule has 0 radical (unpaired) electrons. The maximum absolute atomic E-state index is 13.0. The number of piperidine rings is 1. The normalized spacial score (nSPS) is 17.9. The zero-order chi connectivity index (χ0) is 25.8. The van der Waals surface area contributed by atoms with Gasteiger partial charge < -0.3 is 25.0 Å². The summed E-state index contributed by atoms with van der Waals surface area (Å²) in [6.07, 6.45) is 6.32. The van der Waals surface area contributed by atoms with E-state index in [1.54, 1.807) is 18.2 Å². The van der Waals surface area contributed by atoms with Crippen LogP contribution in [0.15, 0.2) is 54.6 Å². The van der Waals surface area contributed by atoms with Crippen molar-refractivity contribution in [1.29, 1.82) is 0 Å². The summed E-state index contributed by atoms with van der Waals surface area (Å²) < 4.78 is 5.95. The molecule has 1 fully saturated rings. The number of hydrogen-bond acceptors (Lipinski definition) is 6. The van der Waals surface area contributed by atoms with Crippen LogP contribution in [-0.2, 0) is 12.8 Å². The number of hydrogen-bond donors (Lipinski definition) is 3. The third-order valence-corrected chi connectivity index (χ3v) is 7.66. The van der Waals surface area contributed by atoms with Crippen LogP contribution in [0.25, 0.3) is 0 Å². The average molecular weight is 502 g/mol. The maximum atomic E-state index is 13.0. The molecule has 0 spiro atoms. The second-order valence-electron chi connectivity index (χ2n) is 10.3.